The molecule has 0 spiro atoms. The van der Waals surface area contributed by atoms with Crippen molar-refractivity contribution in [3.05, 3.63) is 122 Å². The summed E-state index contributed by atoms with van der Waals surface area (Å²) in [5.74, 6) is -0.967. The van der Waals surface area contributed by atoms with Crippen LogP contribution in [0.2, 0.25) is 0 Å². The van der Waals surface area contributed by atoms with Crippen LogP contribution in [0.25, 0.3) is 0 Å². The molecule has 0 aliphatic rings. The van der Waals surface area contributed by atoms with Crippen molar-refractivity contribution in [1.29, 1.82) is 0 Å². The minimum Gasteiger partial charge on any atom is -0.462 e. The highest BCUT2D eigenvalue weighted by atomic mass is 16.6. The molecule has 0 bridgehead atoms. The lowest BCUT2D eigenvalue weighted by Crippen LogP contribution is -2.30. The molecule has 0 amide bonds. The Hall–Kier alpha value is -4.19. The van der Waals surface area contributed by atoms with Gasteiger partial charge in [-0.3, -0.25) is 14.4 Å². The number of allylic oxidation sites excluding steroid dienone is 20. The summed E-state index contributed by atoms with van der Waals surface area (Å²) in [5, 5.41) is 0. The quantitative estimate of drug-likeness (QED) is 0.0261. The third kappa shape index (κ3) is 58.6. The summed E-state index contributed by atoms with van der Waals surface area (Å²) in [6, 6.07) is 0. The second-order valence-corrected chi connectivity index (χ2v) is 19.5. The van der Waals surface area contributed by atoms with Gasteiger partial charge in [-0.1, -0.05) is 258 Å². The molecule has 0 aliphatic carbocycles. The zero-order valence-electron chi connectivity index (χ0n) is 47.4. The topological polar surface area (TPSA) is 78.9 Å². The molecule has 6 nitrogen and oxygen atoms in total. The Balaban J connectivity index is 4.47. The third-order valence-electron chi connectivity index (χ3n) is 12.5. The second kappa shape index (κ2) is 60.4. The van der Waals surface area contributed by atoms with Gasteiger partial charge in [0.15, 0.2) is 6.10 Å². The minimum absolute atomic E-state index is 0.106. The molecule has 0 N–H and O–H groups in total. The van der Waals surface area contributed by atoms with E-state index in [9.17, 15) is 14.4 Å². The first-order chi connectivity index (χ1) is 36.0. The molecule has 73 heavy (non-hydrogen) atoms. The van der Waals surface area contributed by atoms with Crippen LogP contribution in [0.4, 0.5) is 0 Å². The maximum Gasteiger partial charge on any atom is 0.306 e. The lowest BCUT2D eigenvalue weighted by molar-refractivity contribution is -0.167. The van der Waals surface area contributed by atoms with Gasteiger partial charge < -0.3 is 14.2 Å². The number of hydrogen-bond acceptors (Lipinski definition) is 6. The van der Waals surface area contributed by atoms with Crippen LogP contribution < -0.4 is 0 Å². The molecule has 0 radical (unpaired) electrons. The van der Waals surface area contributed by atoms with Crippen LogP contribution in [0.1, 0.15) is 265 Å². The van der Waals surface area contributed by atoms with Crippen molar-refractivity contribution in [3.63, 3.8) is 0 Å². The highest BCUT2D eigenvalue weighted by molar-refractivity contribution is 5.71. The average Bonchev–Trinajstić information content (AvgIpc) is 3.39. The summed E-state index contributed by atoms with van der Waals surface area (Å²) in [4.78, 5) is 38.2. The summed E-state index contributed by atoms with van der Waals surface area (Å²) in [7, 11) is 0. The van der Waals surface area contributed by atoms with Gasteiger partial charge in [-0.05, 0) is 109 Å². The van der Waals surface area contributed by atoms with Crippen molar-refractivity contribution >= 4 is 17.9 Å². The zero-order valence-corrected chi connectivity index (χ0v) is 47.4. The van der Waals surface area contributed by atoms with Crippen LogP contribution in [0.5, 0.6) is 0 Å². The normalized spacial score (nSPS) is 13.0. The number of rotatable bonds is 53. The van der Waals surface area contributed by atoms with Crippen LogP contribution in [-0.2, 0) is 28.6 Å². The minimum atomic E-state index is -0.808. The number of carbonyl (C=O) groups is 3. The first-order valence-electron chi connectivity index (χ1n) is 30.0. The van der Waals surface area contributed by atoms with E-state index in [1.165, 1.54) is 89.9 Å². The van der Waals surface area contributed by atoms with Crippen LogP contribution in [0, 0.1) is 0 Å². The SMILES string of the molecule is CC/C=C\C/C=C\C/C=C\C/C=C\C/C=C\C/C=C\CCCCCCC(=O)OCC(COC(=O)CCCC/C=C\C/C=C\C/C=C\C/C=C\CC)OC(=O)CCCCCCCCCCCCCCCCCCC. The molecule has 0 aromatic carbocycles. The Kier molecular flexibility index (Phi) is 56.9. The number of hydrogen-bond donors (Lipinski definition) is 0. The molecule has 0 saturated carbocycles. The molecule has 0 rings (SSSR count). The number of carbonyl (C=O) groups excluding carboxylic acids is 3. The molecule has 0 aromatic rings. The van der Waals surface area contributed by atoms with Crippen LogP contribution in [0.3, 0.4) is 0 Å². The second-order valence-electron chi connectivity index (χ2n) is 19.5. The van der Waals surface area contributed by atoms with Gasteiger partial charge >= 0.3 is 17.9 Å². The van der Waals surface area contributed by atoms with E-state index in [-0.39, 0.29) is 31.1 Å². The van der Waals surface area contributed by atoms with Gasteiger partial charge in [0.05, 0.1) is 0 Å². The van der Waals surface area contributed by atoms with E-state index < -0.39 is 6.10 Å². The first kappa shape index (κ1) is 68.8. The maximum absolute atomic E-state index is 12.9. The van der Waals surface area contributed by atoms with Gasteiger partial charge in [-0.25, -0.2) is 0 Å². The van der Waals surface area contributed by atoms with E-state index in [1.807, 2.05) is 0 Å². The summed E-state index contributed by atoms with van der Waals surface area (Å²) in [6.07, 6.45) is 83.4. The Morgan fingerprint density at radius 2 is 0.534 bits per heavy atom. The Labute approximate surface area is 450 Å². The van der Waals surface area contributed by atoms with Crippen molar-refractivity contribution in [3.8, 4) is 0 Å². The molecule has 0 heterocycles. The maximum atomic E-state index is 12.9. The average molecular weight is 1010 g/mol. The highest BCUT2D eigenvalue weighted by Crippen LogP contribution is 2.16. The monoisotopic (exact) mass is 1010 g/mol. The van der Waals surface area contributed by atoms with Gasteiger partial charge in [0.25, 0.3) is 0 Å². The van der Waals surface area contributed by atoms with Crippen molar-refractivity contribution in [2.24, 2.45) is 0 Å². The number of ether oxygens (including phenoxy) is 3. The van der Waals surface area contributed by atoms with Gasteiger partial charge in [-0.2, -0.15) is 0 Å². The van der Waals surface area contributed by atoms with Crippen LogP contribution in [-0.4, -0.2) is 37.2 Å². The molecular formula is C67H110O6. The smallest absolute Gasteiger partial charge is 0.306 e. The molecule has 0 aliphatic heterocycles. The zero-order chi connectivity index (χ0) is 52.9. The Morgan fingerprint density at radius 1 is 0.288 bits per heavy atom. The Morgan fingerprint density at radius 3 is 0.863 bits per heavy atom. The summed E-state index contributed by atoms with van der Waals surface area (Å²) < 4.78 is 16.8. The third-order valence-corrected chi connectivity index (χ3v) is 12.5. The summed E-state index contributed by atoms with van der Waals surface area (Å²) in [6.45, 7) is 6.37. The summed E-state index contributed by atoms with van der Waals surface area (Å²) in [5.41, 5.74) is 0. The fraction of sp³-hybridized carbons (Fsp3) is 0.657. The first-order valence-corrected chi connectivity index (χ1v) is 30.0. The van der Waals surface area contributed by atoms with E-state index in [0.717, 1.165) is 135 Å². The van der Waals surface area contributed by atoms with Crippen molar-refractivity contribution in [1.82, 2.24) is 0 Å². The standard InChI is InChI=1S/C67H110O6/c1-4-7-10-13-16-19-22-25-28-30-31-32-33-34-35-37-39-42-45-48-51-54-57-60-66(69)72-63-64(62-71-65(68)59-56-53-50-47-44-41-38-27-24-21-18-15-12-9-6-3)73-67(70)61-58-55-52-49-46-43-40-36-29-26-23-20-17-14-11-8-5-2/h7,9-10,12,16,18-19,21,25,27-28,31-32,34-35,38-39,42,44,47,64H,4-6,8,11,13-15,17,20,22-24,26,29-30,33,36-37,40-41,43,45-46,48-63H2,1-3H3/b10-7-,12-9-,19-16-,21-18-,28-25-,32-31-,35-34-,38-27-,42-39-,47-44-. The molecule has 0 aromatic heterocycles. The molecule has 0 fully saturated rings. The van der Waals surface area contributed by atoms with Gasteiger partial charge in [0, 0.05) is 19.3 Å². The van der Waals surface area contributed by atoms with E-state index in [1.54, 1.807) is 0 Å². The van der Waals surface area contributed by atoms with Crippen molar-refractivity contribution in [2.45, 2.75) is 271 Å². The van der Waals surface area contributed by atoms with Crippen molar-refractivity contribution in [2.75, 3.05) is 13.2 Å². The molecule has 414 valence electrons. The van der Waals surface area contributed by atoms with Crippen LogP contribution >= 0.6 is 0 Å². The van der Waals surface area contributed by atoms with E-state index >= 15 is 0 Å². The van der Waals surface area contributed by atoms with Gasteiger partial charge in [0.1, 0.15) is 13.2 Å². The van der Waals surface area contributed by atoms with Crippen molar-refractivity contribution < 1.29 is 28.6 Å². The lowest BCUT2D eigenvalue weighted by atomic mass is 10.0. The number of unbranched alkanes of at least 4 members (excludes halogenated alkanes) is 22. The van der Waals surface area contributed by atoms with Crippen LogP contribution in [0.15, 0.2) is 122 Å². The van der Waals surface area contributed by atoms with E-state index in [2.05, 4.69) is 142 Å². The van der Waals surface area contributed by atoms with Gasteiger partial charge in [0.2, 0.25) is 0 Å². The molecular weight excluding hydrogens is 901 g/mol. The highest BCUT2D eigenvalue weighted by Gasteiger charge is 2.19. The van der Waals surface area contributed by atoms with E-state index in [0.29, 0.717) is 19.3 Å². The molecule has 1 unspecified atom stereocenters. The van der Waals surface area contributed by atoms with Gasteiger partial charge in [-0.15, -0.1) is 0 Å². The molecule has 6 heteroatoms. The van der Waals surface area contributed by atoms with E-state index in [4.69, 9.17) is 14.2 Å². The lowest BCUT2D eigenvalue weighted by Gasteiger charge is -2.18. The molecule has 1 atom stereocenters. The fourth-order valence-corrected chi connectivity index (χ4v) is 8.03. The predicted octanol–water partition coefficient (Wildman–Crippen LogP) is 20.4. The molecule has 0 saturated heterocycles. The number of esters is 3. The Bertz CT molecular complexity index is 1540. The fourth-order valence-electron chi connectivity index (χ4n) is 8.03. The summed E-state index contributed by atoms with van der Waals surface area (Å²) >= 11 is 0. The predicted molar refractivity (Wildman–Crippen MR) is 316 cm³/mol. The largest absolute Gasteiger partial charge is 0.462 e.